The van der Waals surface area contributed by atoms with Gasteiger partial charge in [-0.25, -0.2) is 13.8 Å². The average molecular weight is 512 g/mol. The van der Waals surface area contributed by atoms with Crippen LogP contribution in [0.3, 0.4) is 0 Å². The molecule has 4 rings (SSSR count). The Kier molecular flexibility index (Phi) is 8.59. The van der Waals surface area contributed by atoms with Gasteiger partial charge in [0, 0.05) is 36.5 Å². The molecule has 1 aliphatic carbocycles. The van der Waals surface area contributed by atoms with Crippen LogP contribution in [0.4, 0.5) is 13.9 Å². The Morgan fingerprint density at radius 1 is 1.34 bits per heavy atom. The van der Waals surface area contributed by atoms with Crippen molar-refractivity contribution >= 4 is 22.4 Å². The summed E-state index contributed by atoms with van der Waals surface area (Å²) in [6, 6.07) is 1.84. The number of alkyl halides is 2. The maximum atomic E-state index is 13.5. The molecule has 0 atom stereocenters. The van der Waals surface area contributed by atoms with E-state index >= 15 is 0 Å². The number of rotatable bonds is 11. The summed E-state index contributed by atoms with van der Waals surface area (Å²) in [7, 11) is 1.51. The first kappa shape index (κ1) is 25.8. The number of ether oxygens (including phenoxy) is 1. The molecule has 2 aliphatic rings. The summed E-state index contributed by atoms with van der Waals surface area (Å²) < 4.78 is 37.1. The van der Waals surface area contributed by atoms with Gasteiger partial charge < -0.3 is 19.9 Å². The van der Waals surface area contributed by atoms with Crippen molar-refractivity contribution < 1.29 is 22.8 Å². The summed E-state index contributed by atoms with van der Waals surface area (Å²) in [5, 5.41) is 10.3. The average Bonchev–Trinajstić information content (AvgIpc) is 3.48. The number of amides is 1. The molecule has 1 aliphatic heterocycles. The molecule has 3 heterocycles. The Morgan fingerprint density at radius 3 is 2.86 bits per heavy atom. The summed E-state index contributed by atoms with van der Waals surface area (Å²) in [6.45, 7) is 3.92. The molecule has 1 fully saturated rings. The highest BCUT2D eigenvalue weighted by Gasteiger charge is 2.28. The smallest absolute Gasteiger partial charge is 0.264 e. The van der Waals surface area contributed by atoms with Gasteiger partial charge in [-0.15, -0.1) is 11.3 Å². The van der Waals surface area contributed by atoms with Crippen LogP contribution in [0.5, 0.6) is 5.88 Å². The molecular formula is C24H35F2N5O3S. The van der Waals surface area contributed by atoms with Crippen molar-refractivity contribution in [2.75, 3.05) is 32.1 Å². The zero-order valence-corrected chi connectivity index (χ0v) is 21.3. The Balaban J connectivity index is 1.14. The number of methoxy groups -OCH3 is 1. The molecule has 1 saturated carbocycles. The highest BCUT2D eigenvalue weighted by Crippen LogP contribution is 2.31. The number of halogens is 2. The number of fused-ring (bicyclic) bond motifs is 1. The van der Waals surface area contributed by atoms with Crippen molar-refractivity contribution in [1.82, 2.24) is 20.4 Å². The molecule has 0 spiro atoms. The van der Waals surface area contributed by atoms with Crippen LogP contribution in [-0.4, -0.2) is 59.7 Å². The Hall–Kier alpha value is -2.27. The molecule has 8 nitrogen and oxygen atoms in total. The maximum absolute atomic E-state index is 13.5. The van der Waals surface area contributed by atoms with Gasteiger partial charge in [-0.1, -0.05) is 6.92 Å². The van der Waals surface area contributed by atoms with Crippen molar-refractivity contribution in [1.29, 1.82) is 0 Å². The van der Waals surface area contributed by atoms with E-state index in [1.165, 1.54) is 30.2 Å². The lowest BCUT2D eigenvalue weighted by molar-refractivity contribution is -0.121. The van der Waals surface area contributed by atoms with Crippen molar-refractivity contribution in [3.8, 4) is 5.88 Å². The molecule has 0 radical (unpaired) electrons. The normalized spacial score (nSPS) is 20.9. The molecule has 194 valence electrons. The van der Waals surface area contributed by atoms with Crippen LogP contribution < -0.4 is 15.4 Å². The number of anilines is 1. The van der Waals surface area contributed by atoms with E-state index in [4.69, 9.17) is 9.26 Å². The van der Waals surface area contributed by atoms with E-state index in [1.54, 1.807) is 6.07 Å². The van der Waals surface area contributed by atoms with Crippen LogP contribution in [0.15, 0.2) is 10.6 Å². The fourth-order valence-electron chi connectivity index (χ4n) is 4.72. The molecule has 1 amide bonds. The number of aromatic nitrogens is 2. The molecule has 2 aromatic rings. The Morgan fingerprint density at radius 2 is 2.14 bits per heavy atom. The lowest BCUT2D eigenvalue weighted by Gasteiger charge is -2.32. The van der Waals surface area contributed by atoms with E-state index in [9.17, 15) is 13.6 Å². The molecule has 0 aromatic carbocycles. The van der Waals surface area contributed by atoms with E-state index in [0.29, 0.717) is 22.7 Å². The highest BCUT2D eigenvalue weighted by molar-refractivity contribution is 7.15. The zero-order chi connectivity index (χ0) is 24.8. The maximum Gasteiger partial charge on any atom is 0.264 e. The first-order valence-electron chi connectivity index (χ1n) is 12.4. The van der Waals surface area contributed by atoms with Crippen molar-refractivity contribution in [2.45, 2.75) is 76.8 Å². The number of carbonyl (C=O) groups is 1. The van der Waals surface area contributed by atoms with Gasteiger partial charge in [0.15, 0.2) is 5.13 Å². The van der Waals surface area contributed by atoms with E-state index in [-0.39, 0.29) is 31.3 Å². The lowest BCUT2D eigenvalue weighted by Crippen LogP contribution is -2.39. The predicted octanol–water partition coefficient (Wildman–Crippen LogP) is 4.26. The topological polar surface area (TPSA) is 92.5 Å². The van der Waals surface area contributed by atoms with Crippen LogP contribution in [0.1, 0.15) is 61.8 Å². The number of hydrogen-bond acceptors (Lipinski definition) is 8. The van der Waals surface area contributed by atoms with Crippen molar-refractivity contribution in [3.05, 3.63) is 22.4 Å². The van der Waals surface area contributed by atoms with E-state index in [2.05, 4.69) is 25.7 Å². The van der Waals surface area contributed by atoms with Crippen LogP contribution in [0.2, 0.25) is 0 Å². The molecule has 2 aromatic heterocycles. The molecule has 0 unspecified atom stereocenters. The van der Waals surface area contributed by atoms with Crippen molar-refractivity contribution in [3.63, 3.8) is 0 Å². The number of thiazole rings is 1. The Bertz CT molecular complexity index is 974. The van der Waals surface area contributed by atoms with Gasteiger partial charge in [-0.05, 0) is 56.1 Å². The van der Waals surface area contributed by atoms with Crippen molar-refractivity contribution in [2.24, 2.45) is 5.92 Å². The zero-order valence-electron chi connectivity index (χ0n) is 20.4. The fraction of sp³-hybridized carbons (Fsp3) is 0.708. The molecule has 11 heteroatoms. The van der Waals surface area contributed by atoms with Gasteiger partial charge in [0.25, 0.3) is 11.8 Å². The number of hydrogen-bond donors (Lipinski definition) is 2. The summed E-state index contributed by atoms with van der Waals surface area (Å²) in [6.07, 6.45) is 6.24. The third-order valence-corrected chi connectivity index (χ3v) is 8.08. The minimum atomic E-state index is -2.70. The SMILES string of the molecule is CCC(F)(F)CNc1nc2c(s1)CCN(CC[C@H]1CC[C@H](NC(=O)Cc3cc(OC)no3)CC1)C2. The molecular weight excluding hydrogens is 476 g/mol. The van der Waals surface area contributed by atoms with Crippen LogP contribution in [0, 0.1) is 5.92 Å². The standard InChI is InChI=1S/C24H35F2N5O3S/c1-3-24(25,26)15-27-23-29-19-14-31(11-9-20(19)35-23)10-8-16-4-6-17(7-5-16)28-21(32)12-18-13-22(33-2)30-34-18/h13,16-17H,3-12,14-15H2,1-2H3,(H,27,29)(H,28,32)/t16-,17-. The first-order valence-corrected chi connectivity index (χ1v) is 13.3. The molecule has 0 bridgehead atoms. The van der Waals surface area contributed by atoms with Gasteiger partial charge >= 0.3 is 0 Å². The van der Waals surface area contributed by atoms with E-state index in [0.717, 1.165) is 63.9 Å². The van der Waals surface area contributed by atoms with Gasteiger partial charge in [-0.3, -0.25) is 9.69 Å². The summed E-state index contributed by atoms with van der Waals surface area (Å²) in [5.74, 6) is -1.22. The molecule has 2 N–H and O–H groups in total. The Labute approximate surface area is 208 Å². The van der Waals surface area contributed by atoms with Crippen LogP contribution in [0.25, 0.3) is 0 Å². The second-order valence-electron chi connectivity index (χ2n) is 9.56. The third kappa shape index (κ3) is 7.36. The summed E-state index contributed by atoms with van der Waals surface area (Å²) >= 11 is 1.51. The monoisotopic (exact) mass is 511 g/mol. The second-order valence-corrected chi connectivity index (χ2v) is 10.6. The minimum absolute atomic E-state index is 0.0492. The quantitative estimate of drug-likeness (QED) is 0.466. The first-order chi connectivity index (χ1) is 16.8. The summed E-state index contributed by atoms with van der Waals surface area (Å²) in [4.78, 5) is 20.5. The number of nitrogens with zero attached hydrogens (tertiary/aromatic N) is 3. The second kappa shape index (κ2) is 11.6. The van der Waals surface area contributed by atoms with E-state index < -0.39 is 5.92 Å². The number of carbonyl (C=O) groups excluding carboxylic acids is 1. The molecule has 0 saturated heterocycles. The largest absolute Gasteiger partial charge is 0.479 e. The molecule has 35 heavy (non-hydrogen) atoms. The lowest BCUT2D eigenvalue weighted by atomic mass is 9.84. The van der Waals surface area contributed by atoms with Gasteiger partial charge in [0.2, 0.25) is 5.91 Å². The van der Waals surface area contributed by atoms with E-state index in [1.807, 2.05) is 0 Å². The summed E-state index contributed by atoms with van der Waals surface area (Å²) in [5.41, 5.74) is 1.03. The minimum Gasteiger partial charge on any atom is -0.479 e. The van der Waals surface area contributed by atoms with Crippen LogP contribution >= 0.6 is 11.3 Å². The third-order valence-electron chi connectivity index (χ3n) is 6.97. The predicted molar refractivity (Wildman–Crippen MR) is 130 cm³/mol. The highest BCUT2D eigenvalue weighted by atomic mass is 32.1. The van der Waals surface area contributed by atoms with Gasteiger partial charge in [-0.2, -0.15) is 0 Å². The van der Waals surface area contributed by atoms with Gasteiger partial charge in [0.05, 0.1) is 25.8 Å². The number of nitrogens with one attached hydrogen (secondary N) is 2. The fourth-order valence-corrected chi connectivity index (χ4v) is 5.68. The van der Waals surface area contributed by atoms with Crippen LogP contribution in [-0.2, 0) is 24.2 Å². The van der Waals surface area contributed by atoms with Gasteiger partial charge in [0.1, 0.15) is 5.76 Å².